The second kappa shape index (κ2) is 6.26. The largest absolute Gasteiger partial charge is 0.416 e. The van der Waals surface area contributed by atoms with Crippen LogP contribution in [0.2, 0.25) is 0 Å². The first-order chi connectivity index (χ1) is 9.12. The molecule has 1 aromatic carbocycles. The molecule has 0 saturated heterocycles. The number of carbonyl (C=O) groups excluding carboxylic acids is 1. The maximum atomic E-state index is 12.4. The quantitative estimate of drug-likeness (QED) is 0.895. The lowest BCUT2D eigenvalue weighted by atomic mass is 10.0. The zero-order chi connectivity index (χ0) is 15.5. The van der Waals surface area contributed by atoms with Crippen molar-refractivity contribution in [3.8, 4) is 0 Å². The van der Waals surface area contributed by atoms with Crippen molar-refractivity contribution >= 4 is 5.91 Å². The Morgan fingerprint density at radius 1 is 1.15 bits per heavy atom. The van der Waals surface area contributed by atoms with Crippen LogP contribution in [0.5, 0.6) is 0 Å². The number of nitrogens with two attached hydrogens (primary N) is 1. The molecule has 3 nitrogen and oxygen atoms in total. The minimum atomic E-state index is -4.35. The number of rotatable bonds is 4. The molecule has 3 N–H and O–H groups in total. The molecule has 1 amide bonds. The van der Waals surface area contributed by atoms with E-state index in [0.29, 0.717) is 5.56 Å². The number of carbonyl (C=O) groups is 1. The van der Waals surface area contributed by atoms with Crippen molar-refractivity contribution in [2.75, 3.05) is 0 Å². The molecule has 0 spiro atoms. The molecular formula is C14H19F3N2O. The van der Waals surface area contributed by atoms with Crippen molar-refractivity contribution in [3.63, 3.8) is 0 Å². The van der Waals surface area contributed by atoms with E-state index in [9.17, 15) is 18.0 Å². The van der Waals surface area contributed by atoms with Gasteiger partial charge in [0.1, 0.15) is 0 Å². The summed E-state index contributed by atoms with van der Waals surface area (Å²) in [5, 5.41) is 2.74. The topological polar surface area (TPSA) is 55.1 Å². The summed E-state index contributed by atoms with van der Waals surface area (Å²) < 4.78 is 37.3. The van der Waals surface area contributed by atoms with E-state index >= 15 is 0 Å². The second-order valence-electron chi connectivity index (χ2n) is 5.00. The van der Waals surface area contributed by atoms with E-state index < -0.39 is 11.7 Å². The van der Waals surface area contributed by atoms with Gasteiger partial charge in [-0.05, 0) is 31.5 Å². The fraction of sp³-hybridized carbons (Fsp3) is 0.500. The molecule has 0 aliphatic carbocycles. The lowest BCUT2D eigenvalue weighted by molar-refractivity contribution is -0.137. The summed E-state index contributed by atoms with van der Waals surface area (Å²) in [5.41, 5.74) is 5.54. The van der Waals surface area contributed by atoms with Gasteiger partial charge in [0.15, 0.2) is 0 Å². The van der Waals surface area contributed by atoms with Gasteiger partial charge in [-0.1, -0.05) is 19.1 Å². The first-order valence-electron chi connectivity index (χ1n) is 6.36. The van der Waals surface area contributed by atoms with Crippen molar-refractivity contribution in [2.24, 2.45) is 11.7 Å². The summed E-state index contributed by atoms with van der Waals surface area (Å²) >= 11 is 0. The van der Waals surface area contributed by atoms with E-state index in [-0.39, 0.29) is 23.9 Å². The standard InChI is InChI=1S/C14H19F3N2O/c1-8(9(2)18)13(20)19-10(3)11-4-6-12(7-5-11)14(15,16)17/h4-10H,18H2,1-3H3,(H,19,20). The number of nitrogens with one attached hydrogen (secondary N) is 1. The van der Waals surface area contributed by atoms with Crippen molar-refractivity contribution in [2.45, 2.75) is 39.0 Å². The summed E-state index contributed by atoms with van der Waals surface area (Å²) in [5.74, 6) is -0.570. The van der Waals surface area contributed by atoms with Crippen LogP contribution in [-0.4, -0.2) is 11.9 Å². The fourth-order valence-electron chi connectivity index (χ4n) is 1.63. The van der Waals surface area contributed by atoms with E-state index in [2.05, 4.69) is 5.32 Å². The Hall–Kier alpha value is -1.56. The Morgan fingerprint density at radius 3 is 2.05 bits per heavy atom. The molecule has 112 valence electrons. The van der Waals surface area contributed by atoms with E-state index in [1.807, 2.05) is 0 Å². The molecule has 0 heterocycles. The van der Waals surface area contributed by atoms with Crippen molar-refractivity contribution in [3.05, 3.63) is 35.4 Å². The molecule has 1 rings (SSSR count). The van der Waals surface area contributed by atoms with Crippen LogP contribution in [-0.2, 0) is 11.0 Å². The van der Waals surface area contributed by atoms with Crippen LogP contribution in [0.25, 0.3) is 0 Å². The third-order valence-corrected chi connectivity index (χ3v) is 3.30. The van der Waals surface area contributed by atoms with Gasteiger partial charge in [0.25, 0.3) is 0 Å². The maximum Gasteiger partial charge on any atom is 0.416 e. The zero-order valence-electron chi connectivity index (χ0n) is 11.7. The summed E-state index contributed by atoms with van der Waals surface area (Å²) in [7, 11) is 0. The van der Waals surface area contributed by atoms with Crippen molar-refractivity contribution < 1.29 is 18.0 Å². The maximum absolute atomic E-state index is 12.4. The van der Waals surface area contributed by atoms with Crippen LogP contribution in [0.15, 0.2) is 24.3 Å². The van der Waals surface area contributed by atoms with E-state index in [1.54, 1.807) is 20.8 Å². The number of benzene rings is 1. The van der Waals surface area contributed by atoms with Crippen molar-refractivity contribution in [1.82, 2.24) is 5.32 Å². The first-order valence-corrected chi connectivity index (χ1v) is 6.36. The van der Waals surface area contributed by atoms with Crippen LogP contribution in [0.1, 0.15) is 37.9 Å². The lowest BCUT2D eigenvalue weighted by Crippen LogP contribution is -2.39. The molecule has 0 aliphatic rings. The zero-order valence-corrected chi connectivity index (χ0v) is 11.7. The van der Waals surface area contributed by atoms with Gasteiger partial charge in [-0.25, -0.2) is 0 Å². The number of hydrogen-bond acceptors (Lipinski definition) is 2. The van der Waals surface area contributed by atoms with E-state index in [0.717, 1.165) is 12.1 Å². The van der Waals surface area contributed by atoms with Gasteiger partial charge in [-0.15, -0.1) is 0 Å². The summed E-state index contributed by atoms with van der Waals surface area (Å²) in [6.07, 6.45) is -4.35. The third kappa shape index (κ3) is 4.23. The third-order valence-electron chi connectivity index (χ3n) is 3.30. The normalized spacial score (nSPS) is 16.4. The molecule has 1 aromatic rings. The van der Waals surface area contributed by atoms with Gasteiger partial charge in [0.05, 0.1) is 11.6 Å². The molecule has 0 fully saturated rings. The number of halogens is 3. The second-order valence-corrected chi connectivity index (χ2v) is 5.00. The smallest absolute Gasteiger partial charge is 0.349 e. The van der Waals surface area contributed by atoms with Crippen LogP contribution in [0.4, 0.5) is 13.2 Å². The van der Waals surface area contributed by atoms with E-state index in [4.69, 9.17) is 5.73 Å². The van der Waals surface area contributed by atoms with Gasteiger partial charge in [-0.2, -0.15) is 13.2 Å². The SMILES string of the molecule is CC(NC(=O)C(C)C(C)N)c1ccc(C(F)(F)F)cc1. The van der Waals surface area contributed by atoms with Gasteiger partial charge in [-0.3, -0.25) is 4.79 Å². The monoisotopic (exact) mass is 288 g/mol. The average Bonchev–Trinajstić information content (AvgIpc) is 2.36. The molecule has 0 aliphatic heterocycles. The number of alkyl halides is 3. The Labute approximate surface area is 116 Å². The number of amides is 1. The summed E-state index contributed by atoms with van der Waals surface area (Å²) in [4.78, 5) is 11.8. The van der Waals surface area contributed by atoms with Gasteiger partial charge >= 0.3 is 6.18 Å². The molecule has 6 heteroatoms. The number of hydrogen-bond donors (Lipinski definition) is 2. The van der Waals surface area contributed by atoms with Crippen LogP contribution < -0.4 is 11.1 Å². The molecule has 3 unspecified atom stereocenters. The summed E-state index contributed by atoms with van der Waals surface area (Å²) in [6, 6.07) is 4.09. The Morgan fingerprint density at radius 2 is 1.65 bits per heavy atom. The highest BCUT2D eigenvalue weighted by atomic mass is 19.4. The van der Waals surface area contributed by atoms with Gasteiger partial charge in [0.2, 0.25) is 5.91 Å². The van der Waals surface area contributed by atoms with Gasteiger partial charge in [0, 0.05) is 12.0 Å². The predicted molar refractivity (Wildman–Crippen MR) is 70.8 cm³/mol. The minimum absolute atomic E-state index is 0.215. The lowest BCUT2D eigenvalue weighted by Gasteiger charge is -2.20. The Bertz CT molecular complexity index is 454. The molecular weight excluding hydrogens is 269 g/mol. The highest BCUT2D eigenvalue weighted by Crippen LogP contribution is 2.29. The van der Waals surface area contributed by atoms with Gasteiger partial charge < -0.3 is 11.1 Å². The molecule has 20 heavy (non-hydrogen) atoms. The fourth-order valence-corrected chi connectivity index (χ4v) is 1.63. The Balaban J connectivity index is 2.74. The molecule has 0 radical (unpaired) electrons. The van der Waals surface area contributed by atoms with E-state index in [1.165, 1.54) is 12.1 Å². The molecule has 0 bridgehead atoms. The van der Waals surface area contributed by atoms with Crippen LogP contribution in [0, 0.1) is 5.92 Å². The summed E-state index contributed by atoms with van der Waals surface area (Å²) in [6.45, 7) is 5.15. The average molecular weight is 288 g/mol. The predicted octanol–water partition coefficient (Wildman–Crippen LogP) is 2.87. The molecule has 3 atom stereocenters. The molecule has 0 saturated carbocycles. The first kappa shape index (κ1) is 16.5. The van der Waals surface area contributed by atoms with Crippen LogP contribution in [0.3, 0.4) is 0 Å². The van der Waals surface area contributed by atoms with Crippen molar-refractivity contribution in [1.29, 1.82) is 0 Å². The highest BCUT2D eigenvalue weighted by Gasteiger charge is 2.30. The molecule has 0 aromatic heterocycles. The van der Waals surface area contributed by atoms with Crippen LogP contribution >= 0.6 is 0 Å². The minimum Gasteiger partial charge on any atom is -0.349 e. The highest BCUT2D eigenvalue weighted by molar-refractivity contribution is 5.79. The Kier molecular flexibility index (Phi) is 5.16.